The lowest BCUT2D eigenvalue weighted by Crippen LogP contribution is -2.38. The molecule has 1 heterocycles. The normalized spacial score (nSPS) is 16.1. The zero-order valence-electron chi connectivity index (χ0n) is 11.6. The average Bonchev–Trinajstić information content (AvgIpc) is 2.47. The van der Waals surface area contributed by atoms with Crippen LogP contribution in [-0.4, -0.2) is 29.9 Å². The highest BCUT2D eigenvalue weighted by Gasteiger charge is 2.23. The molecule has 4 heteroatoms. The van der Waals surface area contributed by atoms with Crippen LogP contribution in [0.4, 0.5) is 4.79 Å². The fourth-order valence-corrected chi connectivity index (χ4v) is 2.18. The van der Waals surface area contributed by atoms with Gasteiger partial charge < -0.3 is 4.74 Å². The van der Waals surface area contributed by atoms with Gasteiger partial charge in [0.1, 0.15) is 6.10 Å². The summed E-state index contributed by atoms with van der Waals surface area (Å²) in [5.41, 5.74) is 0.988. The molecule has 2 rings (SSSR count). The van der Waals surface area contributed by atoms with Gasteiger partial charge in [-0.05, 0) is 18.1 Å². The van der Waals surface area contributed by atoms with Gasteiger partial charge in [-0.2, -0.15) is 0 Å². The maximum atomic E-state index is 12.1. The first-order valence-corrected chi connectivity index (χ1v) is 6.90. The molecule has 1 aliphatic rings. The van der Waals surface area contributed by atoms with E-state index >= 15 is 0 Å². The zero-order chi connectivity index (χ0) is 14.4. The molecule has 0 bridgehead atoms. The summed E-state index contributed by atoms with van der Waals surface area (Å²) in [6.45, 7) is 2.58. The van der Waals surface area contributed by atoms with Gasteiger partial charge in [-0.15, -0.1) is 0 Å². The van der Waals surface area contributed by atoms with Crippen LogP contribution in [-0.2, 0) is 9.53 Å². The largest absolute Gasteiger partial charge is 0.441 e. The first-order valence-electron chi connectivity index (χ1n) is 6.90. The molecule has 0 unspecified atom stereocenters. The van der Waals surface area contributed by atoms with E-state index in [2.05, 4.69) is 6.92 Å². The first kappa shape index (κ1) is 14.3. The van der Waals surface area contributed by atoms with Crippen LogP contribution < -0.4 is 0 Å². The van der Waals surface area contributed by atoms with E-state index < -0.39 is 6.09 Å². The molecule has 1 amide bonds. The monoisotopic (exact) mass is 273 g/mol. The molecule has 1 aromatic carbocycles. The van der Waals surface area contributed by atoms with Crippen molar-refractivity contribution < 1.29 is 14.3 Å². The standard InChI is InChI=1S/C16H19NO3/c1-2-7-15(13-8-4-3-5-9-13)20-16(19)17-11-6-10-14(18)12-17/h3-6,8-10,15H,2,7,11-12H2,1H3/t15-/m0/s1. The summed E-state index contributed by atoms with van der Waals surface area (Å²) >= 11 is 0. The molecule has 0 saturated carbocycles. The Hall–Kier alpha value is -2.10. The van der Waals surface area contributed by atoms with Crippen molar-refractivity contribution in [3.8, 4) is 0 Å². The molecule has 0 spiro atoms. The van der Waals surface area contributed by atoms with Crippen molar-refractivity contribution in [2.24, 2.45) is 0 Å². The lowest BCUT2D eigenvalue weighted by molar-refractivity contribution is -0.116. The average molecular weight is 273 g/mol. The van der Waals surface area contributed by atoms with E-state index in [-0.39, 0.29) is 18.4 Å². The fourth-order valence-electron chi connectivity index (χ4n) is 2.18. The van der Waals surface area contributed by atoms with Crippen molar-refractivity contribution in [3.63, 3.8) is 0 Å². The Morgan fingerprint density at radius 2 is 2.10 bits per heavy atom. The zero-order valence-corrected chi connectivity index (χ0v) is 11.6. The van der Waals surface area contributed by atoms with E-state index in [0.29, 0.717) is 6.54 Å². The minimum Gasteiger partial charge on any atom is -0.441 e. The van der Waals surface area contributed by atoms with Gasteiger partial charge in [-0.25, -0.2) is 4.79 Å². The Balaban J connectivity index is 2.03. The van der Waals surface area contributed by atoms with E-state index in [0.717, 1.165) is 18.4 Å². The van der Waals surface area contributed by atoms with E-state index in [9.17, 15) is 9.59 Å². The van der Waals surface area contributed by atoms with Crippen molar-refractivity contribution in [2.45, 2.75) is 25.9 Å². The van der Waals surface area contributed by atoms with Gasteiger partial charge >= 0.3 is 6.09 Å². The number of hydrogen-bond donors (Lipinski definition) is 0. The smallest absolute Gasteiger partial charge is 0.411 e. The minimum atomic E-state index is -0.426. The number of carbonyl (C=O) groups excluding carboxylic acids is 2. The van der Waals surface area contributed by atoms with E-state index in [1.54, 1.807) is 6.08 Å². The summed E-state index contributed by atoms with van der Waals surface area (Å²) in [7, 11) is 0. The van der Waals surface area contributed by atoms with Crippen LogP contribution >= 0.6 is 0 Å². The summed E-state index contributed by atoms with van der Waals surface area (Å²) in [5.74, 6) is -0.0695. The Bertz CT molecular complexity index is 496. The topological polar surface area (TPSA) is 46.6 Å². The third-order valence-corrected chi connectivity index (χ3v) is 3.20. The van der Waals surface area contributed by atoms with Gasteiger partial charge in [0.05, 0.1) is 6.54 Å². The Morgan fingerprint density at radius 1 is 1.35 bits per heavy atom. The number of hydrogen-bond acceptors (Lipinski definition) is 3. The summed E-state index contributed by atoms with van der Waals surface area (Å²) < 4.78 is 5.57. The SMILES string of the molecule is CCC[C@H](OC(=O)N1CC=CC(=O)C1)c1ccccc1. The second-order valence-electron chi connectivity index (χ2n) is 4.82. The Morgan fingerprint density at radius 3 is 2.75 bits per heavy atom. The molecule has 106 valence electrons. The first-order chi connectivity index (χ1) is 9.70. The third kappa shape index (κ3) is 3.70. The van der Waals surface area contributed by atoms with Crippen molar-refractivity contribution >= 4 is 11.9 Å². The number of amides is 1. The summed E-state index contributed by atoms with van der Waals surface area (Å²) in [5, 5.41) is 0. The highest BCUT2D eigenvalue weighted by atomic mass is 16.6. The molecular formula is C16H19NO3. The fraction of sp³-hybridized carbons (Fsp3) is 0.375. The van der Waals surface area contributed by atoms with Crippen molar-refractivity contribution in [3.05, 3.63) is 48.0 Å². The van der Waals surface area contributed by atoms with Gasteiger partial charge in [0, 0.05) is 6.54 Å². The van der Waals surface area contributed by atoms with Gasteiger partial charge in [-0.3, -0.25) is 9.69 Å². The second kappa shape index (κ2) is 6.89. The Labute approximate surface area is 119 Å². The molecule has 0 saturated heterocycles. The van der Waals surface area contributed by atoms with Crippen LogP contribution in [0, 0.1) is 0 Å². The molecular weight excluding hydrogens is 254 g/mol. The van der Waals surface area contributed by atoms with Crippen molar-refractivity contribution in [2.75, 3.05) is 13.1 Å². The molecule has 0 aromatic heterocycles. The molecule has 0 aliphatic carbocycles. The maximum Gasteiger partial charge on any atom is 0.411 e. The number of ether oxygens (including phenoxy) is 1. The minimum absolute atomic E-state index is 0.0695. The molecule has 1 aromatic rings. The number of rotatable bonds is 4. The maximum absolute atomic E-state index is 12.1. The van der Waals surface area contributed by atoms with Gasteiger partial charge in [0.25, 0.3) is 0 Å². The molecule has 0 fully saturated rings. The molecule has 1 aliphatic heterocycles. The highest BCUT2D eigenvalue weighted by molar-refractivity contribution is 5.94. The van der Waals surface area contributed by atoms with Crippen LogP contribution in [0.1, 0.15) is 31.4 Å². The second-order valence-corrected chi connectivity index (χ2v) is 4.82. The highest BCUT2D eigenvalue weighted by Crippen LogP contribution is 2.23. The summed E-state index contributed by atoms with van der Waals surface area (Å²) in [6.07, 6.45) is 4.20. The number of ketones is 1. The van der Waals surface area contributed by atoms with Crippen LogP contribution in [0.5, 0.6) is 0 Å². The number of nitrogens with zero attached hydrogens (tertiary/aromatic N) is 1. The molecule has 1 atom stereocenters. The third-order valence-electron chi connectivity index (χ3n) is 3.20. The lowest BCUT2D eigenvalue weighted by atomic mass is 10.1. The predicted octanol–water partition coefficient (Wildman–Crippen LogP) is 3.11. The number of benzene rings is 1. The summed E-state index contributed by atoms with van der Waals surface area (Å²) in [4.78, 5) is 24.9. The van der Waals surface area contributed by atoms with E-state index in [1.807, 2.05) is 30.3 Å². The number of carbonyl (C=O) groups is 2. The molecule has 0 N–H and O–H groups in total. The van der Waals surface area contributed by atoms with Gasteiger partial charge in [-0.1, -0.05) is 49.8 Å². The van der Waals surface area contributed by atoms with Crippen molar-refractivity contribution in [1.82, 2.24) is 4.90 Å². The van der Waals surface area contributed by atoms with Crippen LogP contribution in [0.3, 0.4) is 0 Å². The predicted molar refractivity (Wildman–Crippen MR) is 76.3 cm³/mol. The van der Waals surface area contributed by atoms with Crippen LogP contribution in [0.2, 0.25) is 0 Å². The molecule has 4 nitrogen and oxygen atoms in total. The summed E-state index contributed by atoms with van der Waals surface area (Å²) in [6, 6.07) is 9.70. The van der Waals surface area contributed by atoms with Crippen molar-refractivity contribution in [1.29, 1.82) is 0 Å². The van der Waals surface area contributed by atoms with Gasteiger partial charge in [0.2, 0.25) is 0 Å². The quantitative estimate of drug-likeness (QED) is 0.846. The molecule has 20 heavy (non-hydrogen) atoms. The van der Waals surface area contributed by atoms with E-state index in [1.165, 1.54) is 11.0 Å². The Kier molecular flexibility index (Phi) is 4.93. The van der Waals surface area contributed by atoms with Crippen LogP contribution in [0.25, 0.3) is 0 Å². The molecule has 0 radical (unpaired) electrons. The van der Waals surface area contributed by atoms with E-state index in [4.69, 9.17) is 4.74 Å². The van der Waals surface area contributed by atoms with Crippen LogP contribution in [0.15, 0.2) is 42.5 Å². The lowest BCUT2D eigenvalue weighted by Gasteiger charge is -2.25. The van der Waals surface area contributed by atoms with Gasteiger partial charge in [0.15, 0.2) is 5.78 Å².